The standard InChI is InChI=1S/C10H15ClOSi/c1-12-9-7-5-6-8(11)10(9)13(2,3)4/h5-7H,1-4H3. The van der Waals surface area contributed by atoms with E-state index in [1.807, 2.05) is 18.2 Å². The Morgan fingerprint density at radius 3 is 2.23 bits per heavy atom. The molecule has 0 heterocycles. The van der Waals surface area contributed by atoms with Crippen LogP contribution in [0.3, 0.4) is 0 Å². The van der Waals surface area contributed by atoms with Crippen LogP contribution in [-0.2, 0) is 0 Å². The predicted molar refractivity (Wildman–Crippen MR) is 61.0 cm³/mol. The van der Waals surface area contributed by atoms with Gasteiger partial charge in [-0.2, -0.15) is 0 Å². The lowest BCUT2D eigenvalue weighted by molar-refractivity contribution is 0.418. The maximum absolute atomic E-state index is 6.15. The summed E-state index contributed by atoms with van der Waals surface area (Å²) in [6.45, 7) is 6.78. The van der Waals surface area contributed by atoms with Crippen molar-refractivity contribution in [2.45, 2.75) is 19.6 Å². The van der Waals surface area contributed by atoms with Crippen LogP contribution in [0, 0.1) is 0 Å². The highest BCUT2D eigenvalue weighted by molar-refractivity contribution is 6.90. The van der Waals surface area contributed by atoms with Crippen molar-refractivity contribution in [3.63, 3.8) is 0 Å². The van der Waals surface area contributed by atoms with Gasteiger partial charge in [0.25, 0.3) is 0 Å². The van der Waals surface area contributed by atoms with Gasteiger partial charge < -0.3 is 4.74 Å². The molecular weight excluding hydrogens is 200 g/mol. The van der Waals surface area contributed by atoms with Crippen LogP contribution in [0.1, 0.15) is 0 Å². The van der Waals surface area contributed by atoms with Crippen LogP contribution >= 0.6 is 11.6 Å². The number of hydrogen-bond donors (Lipinski definition) is 0. The monoisotopic (exact) mass is 214 g/mol. The van der Waals surface area contributed by atoms with Gasteiger partial charge in [0.15, 0.2) is 0 Å². The lowest BCUT2D eigenvalue weighted by Gasteiger charge is -2.21. The molecule has 13 heavy (non-hydrogen) atoms. The van der Waals surface area contributed by atoms with Crippen molar-refractivity contribution in [3.05, 3.63) is 23.2 Å². The Hall–Kier alpha value is -0.473. The minimum atomic E-state index is -1.40. The molecule has 0 bridgehead atoms. The van der Waals surface area contributed by atoms with E-state index in [1.165, 1.54) is 5.19 Å². The van der Waals surface area contributed by atoms with Crippen LogP contribution in [0.2, 0.25) is 24.7 Å². The van der Waals surface area contributed by atoms with Gasteiger partial charge in [-0.25, -0.2) is 0 Å². The minimum Gasteiger partial charge on any atom is -0.497 e. The molecule has 0 radical (unpaired) electrons. The average molecular weight is 215 g/mol. The Balaban J connectivity index is 3.32. The van der Waals surface area contributed by atoms with E-state index < -0.39 is 8.07 Å². The molecule has 0 aliphatic heterocycles. The van der Waals surface area contributed by atoms with Crippen LogP contribution in [0.25, 0.3) is 0 Å². The molecule has 0 saturated heterocycles. The zero-order chi connectivity index (χ0) is 10.1. The molecule has 72 valence electrons. The Bertz CT molecular complexity index is 304. The van der Waals surface area contributed by atoms with E-state index in [9.17, 15) is 0 Å². The Labute approximate surface area is 85.7 Å². The molecule has 0 spiro atoms. The highest BCUT2D eigenvalue weighted by atomic mass is 35.5. The van der Waals surface area contributed by atoms with Crippen LogP contribution in [-0.4, -0.2) is 15.2 Å². The van der Waals surface area contributed by atoms with Crippen molar-refractivity contribution in [2.75, 3.05) is 7.11 Å². The number of halogens is 1. The van der Waals surface area contributed by atoms with Gasteiger partial charge >= 0.3 is 0 Å². The lowest BCUT2D eigenvalue weighted by atomic mass is 10.3. The quantitative estimate of drug-likeness (QED) is 0.688. The number of hydrogen-bond acceptors (Lipinski definition) is 1. The van der Waals surface area contributed by atoms with Gasteiger partial charge in [-0.3, -0.25) is 0 Å². The van der Waals surface area contributed by atoms with Gasteiger partial charge in [-0.15, -0.1) is 0 Å². The van der Waals surface area contributed by atoms with Gasteiger partial charge in [0.2, 0.25) is 0 Å². The molecule has 0 saturated carbocycles. The molecule has 0 amide bonds. The number of methoxy groups -OCH3 is 1. The second-order valence-corrected chi connectivity index (χ2v) is 9.47. The molecule has 1 nitrogen and oxygen atoms in total. The van der Waals surface area contributed by atoms with Gasteiger partial charge in [0, 0.05) is 5.02 Å². The number of rotatable bonds is 2. The third-order valence-electron chi connectivity index (χ3n) is 1.95. The summed E-state index contributed by atoms with van der Waals surface area (Å²) >= 11 is 6.15. The van der Waals surface area contributed by atoms with Gasteiger partial charge in [0.1, 0.15) is 5.75 Å². The van der Waals surface area contributed by atoms with Crippen molar-refractivity contribution < 1.29 is 4.74 Å². The SMILES string of the molecule is COc1cccc(Cl)c1[Si](C)(C)C. The van der Waals surface area contributed by atoms with Crippen LogP contribution < -0.4 is 9.92 Å². The van der Waals surface area contributed by atoms with Crippen molar-refractivity contribution >= 4 is 24.9 Å². The van der Waals surface area contributed by atoms with Gasteiger partial charge in [-0.1, -0.05) is 37.3 Å². The molecule has 1 aromatic carbocycles. The van der Waals surface area contributed by atoms with E-state index in [-0.39, 0.29) is 0 Å². The first-order chi connectivity index (χ1) is 5.96. The Kier molecular flexibility index (Phi) is 3.04. The zero-order valence-electron chi connectivity index (χ0n) is 8.52. The summed E-state index contributed by atoms with van der Waals surface area (Å²) in [6.07, 6.45) is 0. The van der Waals surface area contributed by atoms with Crippen molar-refractivity contribution in [1.82, 2.24) is 0 Å². The summed E-state index contributed by atoms with van der Waals surface area (Å²) in [4.78, 5) is 0. The highest BCUT2D eigenvalue weighted by Gasteiger charge is 2.23. The van der Waals surface area contributed by atoms with E-state index in [2.05, 4.69) is 19.6 Å². The first kappa shape index (κ1) is 10.6. The van der Waals surface area contributed by atoms with Gasteiger partial charge in [-0.05, 0) is 17.3 Å². The fourth-order valence-electron chi connectivity index (χ4n) is 1.40. The second-order valence-electron chi connectivity index (χ2n) is 4.07. The molecule has 0 N–H and O–H groups in total. The van der Waals surface area contributed by atoms with E-state index in [1.54, 1.807) is 7.11 Å². The zero-order valence-corrected chi connectivity index (χ0v) is 10.3. The summed E-state index contributed by atoms with van der Waals surface area (Å²) in [7, 11) is 0.289. The third kappa shape index (κ3) is 2.26. The number of benzene rings is 1. The largest absolute Gasteiger partial charge is 0.497 e. The van der Waals surface area contributed by atoms with Crippen LogP contribution in [0.5, 0.6) is 5.75 Å². The van der Waals surface area contributed by atoms with Gasteiger partial charge in [0.05, 0.1) is 15.2 Å². The third-order valence-corrected chi connectivity index (χ3v) is 4.43. The number of ether oxygens (including phenoxy) is 1. The second kappa shape index (κ2) is 3.72. The molecule has 0 unspecified atom stereocenters. The van der Waals surface area contributed by atoms with E-state index in [0.29, 0.717) is 0 Å². The summed E-state index contributed by atoms with van der Waals surface area (Å²) < 4.78 is 5.30. The molecular formula is C10H15ClOSi. The normalized spacial score (nSPS) is 11.5. The highest BCUT2D eigenvalue weighted by Crippen LogP contribution is 2.20. The summed E-state index contributed by atoms with van der Waals surface area (Å²) in [6, 6.07) is 5.82. The van der Waals surface area contributed by atoms with Crippen molar-refractivity contribution in [3.8, 4) is 5.75 Å². The van der Waals surface area contributed by atoms with Crippen molar-refractivity contribution in [1.29, 1.82) is 0 Å². The molecule has 0 aromatic heterocycles. The molecule has 1 rings (SSSR count). The average Bonchev–Trinajstić information content (AvgIpc) is 2.01. The Morgan fingerprint density at radius 2 is 1.85 bits per heavy atom. The lowest BCUT2D eigenvalue weighted by Crippen LogP contribution is -2.39. The Morgan fingerprint density at radius 1 is 1.23 bits per heavy atom. The fourth-order valence-corrected chi connectivity index (χ4v) is 4.14. The molecule has 3 heteroatoms. The van der Waals surface area contributed by atoms with E-state index in [4.69, 9.17) is 16.3 Å². The van der Waals surface area contributed by atoms with Crippen LogP contribution in [0.4, 0.5) is 0 Å². The first-order valence-electron chi connectivity index (χ1n) is 4.30. The summed E-state index contributed by atoms with van der Waals surface area (Å²) in [5.41, 5.74) is 0. The molecule has 1 aromatic rings. The van der Waals surface area contributed by atoms with E-state index in [0.717, 1.165) is 10.8 Å². The molecule has 0 aliphatic rings. The van der Waals surface area contributed by atoms with E-state index >= 15 is 0 Å². The maximum atomic E-state index is 6.15. The molecule has 0 atom stereocenters. The van der Waals surface area contributed by atoms with Crippen LogP contribution in [0.15, 0.2) is 18.2 Å². The molecule has 0 fully saturated rings. The predicted octanol–water partition coefficient (Wildman–Crippen LogP) is 2.89. The topological polar surface area (TPSA) is 9.23 Å². The molecule has 0 aliphatic carbocycles. The smallest absolute Gasteiger partial charge is 0.119 e. The maximum Gasteiger partial charge on any atom is 0.119 e. The summed E-state index contributed by atoms with van der Waals surface area (Å²) in [5, 5.41) is 2.04. The fraction of sp³-hybridized carbons (Fsp3) is 0.400. The summed E-state index contributed by atoms with van der Waals surface area (Å²) in [5.74, 6) is 0.923. The first-order valence-corrected chi connectivity index (χ1v) is 8.17. The minimum absolute atomic E-state index is 0.832. The van der Waals surface area contributed by atoms with Crippen molar-refractivity contribution in [2.24, 2.45) is 0 Å².